The van der Waals surface area contributed by atoms with Gasteiger partial charge in [0.05, 0.1) is 24.8 Å². The summed E-state index contributed by atoms with van der Waals surface area (Å²) in [7, 11) is 0. The lowest BCUT2D eigenvalue weighted by Gasteiger charge is -2.01. The van der Waals surface area contributed by atoms with Gasteiger partial charge in [0.25, 0.3) is 0 Å². The molecule has 0 aliphatic heterocycles. The Kier molecular flexibility index (Phi) is 3.94. The van der Waals surface area contributed by atoms with Gasteiger partial charge < -0.3 is 9.73 Å². The van der Waals surface area contributed by atoms with E-state index in [1.54, 1.807) is 12.1 Å². The number of furan rings is 1. The highest BCUT2D eigenvalue weighted by Crippen LogP contribution is 2.28. The topological polar surface area (TPSA) is 43.0 Å². The summed E-state index contributed by atoms with van der Waals surface area (Å²) in [5.41, 5.74) is -0.757. The second-order valence-electron chi connectivity index (χ2n) is 4.07. The minimum atomic E-state index is -4.36. The van der Waals surface area contributed by atoms with E-state index < -0.39 is 11.7 Å². The number of rotatable bonds is 5. The molecule has 0 amide bonds. The van der Waals surface area contributed by atoms with Crippen molar-refractivity contribution in [3.63, 3.8) is 0 Å². The fourth-order valence-electron chi connectivity index (χ4n) is 1.61. The number of aromatic nitrogens is 2. The molecular weight excluding hydrogens is 259 g/mol. The molecule has 2 aromatic rings. The third-order valence-electron chi connectivity index (χ3n) is 2.54. The molecule has 0 saturated heterocycles. The van der Waals surface area contributed by atoms with Crippen LogP contribution in [0.5, 0.6) is 0 Å². The Hall–Kier alpha value is -1.76. The Morgan fingerprint density at radius 1 is 1.32 bits per heavy atom. The van der Waals surface area contributed by atoms with Crippen LogP contribution in [0.25, 0.3) is 0 Å². The monoisotopic (exact) mass is 273 g/mol. The summed E-state index contributed by atoms with van der Waals surface area (Å²) in [6, 6.07) is 3.54. The molecule has 0 saturated carbocycles. The summed E-state index contributed by atoms with van der Waals surface area (Å²) in [5.74, 6) is 1.32. The summed E-state index contributed by atoms with van der Waals surface area (Å²) in [4.78, 5) is 0. The Morgan fingerprint density at radius 2 is 2.05 bits per heavy atom. The van der Waals surface area contributed by atoms with Crippen LogP contribution in [0.1, 0.15) is 24.0 Å². The summed E-state index contributed by atoms with van der Waals surface area (Å²) >= 11 is 0. The van der Waals surface area contributed by atoms with Gasteiger partial charge in [0.15, 0.2) is 0 Å². The molecule has 4 nitrogen and oxygen atoms in total. The van der Waals surface area contributed by atoms with Gasteiger partial charge in [-0.3, -0.25) is 4.68 Å². The molecule has 0 aliphatic carbocycles. The van der Waals surface area contributed by atoms with E-state index in [9.17, 15) is 13.2 Å². The second-order valence-corrected chi connectivity index (χ2v) is 4.07. The second kappa shape index (κ2) is 5.48. The number of hydrogen-bond donors (Lipinski definition) is 1. The van der Waals surface area contributed by atoms with Crippen molar-refractivity contribution in [3.05, 3.63) is 41.6 Å². The Labute approximate surface area is 108 Å². The summed E-state index contributed by atoms with van der Waals surface area (Å²) in [6.07, 6.45) is -2.59. The van der Waals surface area contributed by atoms with Crippen molar-refractivity contribution in [2.24, 2.45) is 0 Å². The first kappa shape index (κ1) is 13.7. The van der Waals surface area contributed by atoms with E-state index in [1.165, 1.54) is 4.68 Å². The third kappa shape index (κ3) is 3.60. The Balaban J connectivity index is 2.01. The van der Waals surface area contributed by atoms with Gasteiger partial charge in [0.2, 0.25) is 0 Å². The minimum Gasteiger partial charge on any atom is -0.463 e. The molecule has 0 bridgehead atoms. The van der Waals surface area contributed by atoms with E-state index in [0.29, 0.717) is 12.3 Å². The van der Waals surface area contributed by atoms with Gasteiger partial charge in [-0.2, -0.15) is 18.3 Å². The van der Waals surface area contributed by atoms with Crippen LogP contribution in [0.4, 0.5) is 13.2 Å². The van der Waals surface area contributed by atoms with Crippen LogP contribution < -0.4 is 5.32 Å². The zero-order chi connectivity index (χ0) is 13.9. The third-order valence-corrected chi connectivity index (χ3v) is 2.54. The minimum absolute atomic E-state index is 0.183. The molecule has 0 fully saturated rings. The standard InChI is InChI=1S/C12H14F3N3O/c1-2-16-6-10-3-4-11(19-10)8-18-7-9(5-17-18)12(13,14)15/h3-5,7,16H,2,6,8H2,1H3. The van der Waals surface area contributed by atoms with E-state index in [-0.39, 0.29) is 6.54 Å². The van der Waals surface area contributed by atoms with Crippen molar-refractivity contribution < 1.29 is 17.6 Å². The first-order valence-electron chi connectivity index (χ1n) is 5.87. The normalized spacial score (nSPS) is 12.0. The van der Waals surface area contributed by atoms with Gasteiger partial charge in [-0.05, 0) is 18.7 Å². The number of hydrogen-bond acceptors (Lipinski definition) is 3. The molecule has 19 heavy (non-hydrogen) atoms. The van der Waals surface area contributed by atoms with Crippen LogP contribution in [0, 0.1) is 0 Å². The first-order chi connectivity index (χ1) is 8.99. The van der Waals surface area contributed by atoms with Gasteiger partial charge in [-0.15, -0.1) is 0 Å². The van der Waals surface area contributed by atoms with Crippen LogP contribution in [0.3, 0.4) is 0 Å². The number of nitrogens with zero attached hydrogens (tertiary/aromatic N) is 2. The molecule has 2 rings (SSSR count). The van der Waals surface area contributed by atoms with Gasteiger partial charge in [0, 0.05) is 6.20 Å². The maximum atomic E-state index is 12.4. The van der Waals surface area contributed by atoms with Crippen LogP contribution in [-0.4, -0.2) is 16.3 Å². The van der Waals surface area contributed by atoms with Crippen molar-refractivity contribution in [1.29, 1.82) is 0 Å². The Morgan fingerprint density at radius 3 is 2.68 bits per heavy atom. The van der Waals surface area contributed by atoms with Crippen molar-refractivity contribution in [1.82, 2.24) is 15.1 Å². The summed E-state index contributed by atoms with van der Waals surface area (Å²) < 4.78 is 43.9. The highest BCUT2D eigenvalue weighted by molar-refractivity contribution is 5.11. The lowest BCUT2D eigenvalue weighted by Crippen LogP contribution is -2.10. The highest BCUT2D eigenvalue weighted by atomic mass is 19.4. The molecule has 0 spiro atoms. The van der Waals surface area contributed by atoms with Gasteiger partial charge >= 0.3 is 6.18 Å². The molecule has 0 atom stereocenters. The molecule has 0 radical (unpaired) electrons. The molecular formula is C12H14F3N3O. The Bertz CT molecular complexity index is 530. The fourth-order valence-corrected chi connectivity index (χ4v) is 1.61. The predicted molar refractivity (Wildman–Crippen MR) is 62.4 cm³/mol. The largest absolute Gasteiger partial charge is 0.463 e. The number of nitrogens with one attached hydrogen (secondary N) is 1. The molecule has 0 aliphatic rings. The average molecular weight is 273 g/mol. The van der Waals surface area contributed by atoms with E-state index in [1.807, 2.05) is 6.92 Å². The molecule has 1 N–H and O–H groups in total. The maximum absolute atomic E-state index is 12.4. The SMILES string of the molecule is CCNCc1ccc(Cn2cc(C(F)(F)F)cn2)o1. The average Bonchev–Trinajstić information content (AvgIpc) is 2.95. The summed E-state index contributed by atoms with van der Waals surface area (Å²) in [6.45, 7) is 3.59. The molecule has 0 aromatic carbocycles. The van der Waals surface area contributed by atoms with E-state index in [4.69, 9.17) is 4.42 Å². The summed E-state index contributed by atoms with van der Waals surface area (Å²) in [5, 5.41) is 6.77. The fraction of sp³-hybridized carbons (Fsp3) is 0.417. The number of halogens is 3. The van der Waals surface area contributed by atoms with Crippen LogP contribution in [0.2, 0.25) is 0 Å². The lowest BCUT2D eigenvalue weighted by atomic mass is 10.3. The number of alkyl halides is 3. The smallest absolute Gasteiger partial charge is 0.419 e. The van der Waals surface area contributed by atoms with Gasteiger partial charge in [0.1, 0.15) is 11.5 Å². The van der Waals surface area contributed by atoms with Crippen molar-refractivity contribution >= 4 is 0 Å². The zero-order valence-corrected chi connectivity index (χ0v) is 10.4. The molecule has 7 heteroatoms. The molecule has 2 heterocycles. The van der Waals surface area contributed by atoms with E-state index >= 15 is 0 Å². The van der Waals surface area contributed by atoms with Crippen LogP contribution in [0.15, 0.2) is 28.9 Å². The molecule has 0 unspecified atom stereocenters. The van der Waals surface area contributed by atoms with Crippen molar-refractivity contribution in [2.45, 2.75) is 26.2 Å². The predicted octanol–water partition coefficient (Wildman–Crippen LogP) is 2.65. The quantitative estimate of drug-likeness (QED) is 0.910. The maximum Gasteiger partial charge on any atom is 0.419 e. The van der Waals surface area contributed by atoms with Gasteiger partial charge in [-0.25, -0.2) is 0 Å². The molecule has 104 valence electrons. The first-order valence-corrected chi connectivity index (χ1v) is 5.87. The highest BCUT2D eigenvalue weighted by Gasteiger charge is 2.32. The van der Waals surface area contributed by atoms with Crippen LogP contribution >= 0.6 is 0 Å². The molecule has 2 aromatic heterocycles. The van der Waals surface area contributed by atoms with E-state index in [0.717, 1.165) is 24.7 Å². The van der Waals surface area contributed by atoms with Crippen LogP contribution in [-0.2, 0) is 19.3 Å². The van der Waals surface area contributed by atoms with Gasteiger partial charge in [-0.1, -0.05) is 6.92 Å². The van der Waals surface area contributed by atoms with Crippen molar-refractivity contribution in [2.75, 3.05) is 6.54 Å². The lowest BCUT2D eigenvalue weighted by molar-refractivity contribution is -0.137. The van der Waals surface area contributed by atoms with Crippen molar-refractivity contribution in [3.8, 4) is 0 Å². The van der Waals surface area contributed by atoms with E-state index in [2.05, 4.69) is 10.4 Å². The zero-order valence-electron chi connectivity index (χ0n) is 10.4.